The van der Waals surface area contributed by atoms with Crippen LogP contribution in [0.2, 0.25) is 0 Å². The maximum Gasteiger partial charge on any atom is 0.288 e. The Morgan fingerprint density at radius 3 is 2.50 bits per heavy atom. The van der Waals surface area contributed by atoms with Crippen LogP contribution >= 0.6 is 0 Å². The summed E-state index contributed by atoms with van der Waals surface area (Å²) < 4.78 is 15.3. The minimum Gasteiger partial charge on any atom is -0.497 e. The van der Waals surface area contributed by atoms with Gasteiger partial charge in [-0.05, 0) is 18.2 Å². The van der Waals surface area contributed by atoms with Gasteiger partial charge in [-0.3, -0.25) is 0 Å². The SMILES string of the molecule is C=c1cc(OC)cc(OC)/c1=C(/O)OCC. The molecule has 88 valence electrons. The fraction of sp³-hybridized carbons (Fsp3) is 0.333. The van der Waals surface area contributed by atoms with Crippen LogP contribution in [0.3, 0.4) is 0 Å². The lowest BCUT2D eigenvalue weighted by Crippen LogP contribution is -2.28. The molecule has 0 aliphatic rings. The second kappa shape index (κ2) is 5.30. The lowest BCUT2D eigenvalue weighted by atomic mass is 10.2. The highest BCUT2D eigenvalue weighted by Crippen LogP contribution is 2.12. The molecule has 0 radical (unpaired) electrons. The van der Waals surface area contributed by atoms with Gasteiger partial charge in [0.15, 0.2) is 0 Å². The molecule has 4 nitrogen and oxygen atoms in total. The van der Waals surface area contributed by atoms with E-state index in [9.17, 15) is 5.11 Å². The Bertz CT molecular complexity index is 465. The van der Waals surface area contributed by atoms with E-state index in [1.165, 1.54) is 7.11 Å². The lowest BCUT2D eigenvalue weighted by Gasteiger charge is -2.07. The van der Waals surface area contributed by atoms with E-state index in [0.717, 1.165) is 0 Å². The first-order valence-corrected chi connectivity index (χ1v) is 4.91. The van der Waals surface area contributed by atoms with Crippen molar-refractivity contribution in [3.63, 3.8) is 0 Å². The van der Waals surface area contributed by atoms with Gasteiger partial charge in [0.25, 0.3) is 5.95 Å². The Labute approximate surface area is 94.4 Å². The van der Waals surface area contributed by atoms with Crippen LogP contribution in [0, 0.1) is 0 Å². The van der Waals surface area contributed by atoms with Crippen LogP contribution in [0.4, 0.5) is 0 Å². The summed E-state index contributed by atoms with van der Waals surface area (Å²) in [7, 11) is 3.07. The minimum atomic E-state index is -0.188. The third-order valence-electron chi connectivity index (χ3n) is 2.11. The molecule has 0 amide bonds. The molecule has 1 N–H and O–H groups in total. The Hall–Kier alpha value is -1.84. The van der Waals surface area contributed by atoms with Gasteiger partial charge in [-0.2, -0.15) is 0 Å². The molecule has 0 aliphatic heterocycles. The maximum absolute atomic E-state index is 9.71. The van der Waals surface area contributed by atoms with E-state index < -0.39 is 0 Å². The Morgan fingerprint density at radius 2 is 2.00 bits per heavy atom. The summed E-state index contributed by atoms with van der Waals surface area (Å²) in [6, 6.07) is 3.37. The Morgan fingerprint density at radius 1 is 1.31 bits per heavy atom. The van der Waals surface area contributed by atoms with E-state index in [2.05, 4.69) is 6.58 Å². The molecule has 0 heterocycles. The number of hydrogen-bond acceptors (Lipinski definition) is 4. The molecule has 0 aromatic heterocycles. The van der Waals surface area contributed by atoms with Crippen molar-refractivity contribution in [2.45, 2.75) is 6.92 Å². The summed E-state index contributed by atoms with van der Waals surface area (Å²) in [5.41, 5.74) is 0. The molecule has 16 heavy (non-hydrogen) atoms. The van der Waals surface area contributed by atoms with Gasteiger partial charge in [-0.1, -0.05) is 6.58 Å². The number of methoxy groups -OCH3 is 2. The van der Waals surface area contributed by atoms with E-state index in [1.807, 2.05) is 0 Å². The molecule has 1 aromatic rings. The molecule has 4 heteroatoms. The monoisotopic (exact) mass is 224 g/mol. The average Bonchev–Trinajstić information content (AvgIpc) is 2.27. The fourth-order valence-corrected chi connectivity index (χ4v) is 1.38. The topological polar surface area (TPSA) is 47.9 Å². The molecule has 0 unspecified atom stereocenters. The Balaban J connectivity index is 3.50. The quantitative estimate of drug-likeness (QED) is 0.820. The van der Waals surface area contributed by atoms with E-state index in [-0.39, 0.29) is 5.95 Å². The lowest BCUT2D eigenvalue weighted by molar-refractivity contribution is 0.188. The first kappa shape index (κ1) is 12.2. The normalized spacial score (nSPS) is 11.9. The maximum atomic E-state index is 9.71. The highest BCUT2D eigenvalue weighted by atomic mass is 16.6. The number of ether oxygens (including phenoxy) is 3. The van der Waals surface area contributed by atoms with Crippen molar-refractivity contribution in [1.29, 1.82) is 0 Å². The van der Waals surface area contributed by atoms with Crippen molar-refractivity contribution in [3.8, 4) is 11.5 Å². The van der Waals surface area contributed by atoms with Crippen molar-refractivity contribution in [1.82, 2.24) is 0 Å². The van der Waals surface area contributed by atoms with E-state index in [1.54, 1.807) is 26.2 Å². The zero-order valence-electron chi connectivity index (χ0n) is 9.74. The van der Waals surface area contributed by atoms with Crippen molar-refractivity contribution < 1.29 is 19.3 Å². The molecule has 0 atom stereocenters. The molecule has 0 aliphatic carbocycles. The zero-order chi connectivity index (χ0) is 12.1. The summed E-state index contributed by atoms with van der Waals surface area (Å²) in [4.78, 5) is 0. The average molecular weight is 224 g/mol. The molecular weight excluding hydrogens is 208 g/mol. The third-order valence-corrected chi connectivity index (χ3v) is 2.11. The fourth-order valence-electron chi connectivity index (χ4n) is 1.38. The van der Waals surface area contributed by atoms with Crippen molar-refractivity contribution in [2.75, 3.05) is 20.8 Å². The summed E-state index contributed by atoms with van der Waals surface area (Å²) in [6.07, 6.45) is 0. The first-order valence-electron chi connectivity index (χ1n) is 4.91. The van der Waals surface area contributed by atoms with Gasteiger partial charge < -0.3 is 19.3 Å². The summed E-state index contributed by atoms with van der Waals surface area (Å²) in [5.74, 6) is 0.900. The smallest absolute Gasteiger partial charge is 0.288 e. The predicted molar refractivity (Wildman–Crippen MR) is 62.0 cm³/mol. The van der Waals surface area contributed by atoms with Crippen LogP contribution in [0.1, 0.15) is 6.92 Å². The van der Waals surface area contributed by atoms with Gasteiger partial charge in [-0.25, -0.2) is 0 Å². The summed E-state index contributed by atoms with van der Waals surface area (Å²) in [6.45, 7) is 5.98. The largest absolute Gasteiger partial charge is 0.497 e. The highest BCUT2D eigenvalue weighted by Gasteiger charge is 2.06. The molecule has 0 fully saturated rings. The van der Waals surface area contributed by atoms with Crippen LogP contribution in [0.25, 0.3) is 12.5 Å². The van der Waals surface area contributed by atoms with Crippen LogP contribution in [-0.2, 0) is 4.74 Å². The van der Waals surface area contributed by atoms with Gasteiger partial charge in [-0.15, -0.1) is 0 Å². The van der Waals surface area contributed by atoms with E-state index in [4.69, 9.17) is 14.2 Å². The third kappa shape index (κ3) is 2.39. The number of aliphatic hydroxyl groups is 1. The molecule has 0 saturated heterocycles. The number of rotatable bonds is 4. The van der Waals surface area contributed by atoms with E-state index >= 15 is 0 Å². The van der Waals surface area contributed by atoms with Crippen molar-refractivity contribution in [3.05, 3.63) is 22.6 Å². The minimum absolute atomic E-state index is 0.188. The van der Waals surface area contributed by atoms with E-state index in [0.29, 0.717) is 28.5 Å². The Kier molecular flexibility index (Phi) is 4.05. The zero-order valence-corrected chi connectivity index (χ0v) is 9.74. The molecule has 0 bridgehead atoms. The molecular formula is C12H16O4. The van der Waals surface area contributed by atoms with Crippen molar-refractivity contribution >= 4 is 12.5 Å². The van der Waals surface area contributed by atoms with Crippen molar-refractivity contribution in [2.24, 2.45) is 0 Å². The second-order valence-corrected chi connectivity index (χ2v) is 3.10. The van der Waals surface area contributed by atoms with Crippen LogP contribution in [0.15, 0.2) is 12.1 Å². The molecule has 1 aromatic carbocycles. The predicted octanol–water partition coefficient (Wildman–Crippen LogP) is 0.774. The van der Waals surface area contributed by atoms with Gasteiger partial charge in [0.05, 0.1) is 20.8 Å². The number of aliphatic hydroxyl groups excluding tert-OH is 1. The molecule has 1 rings (SSSR count). The molecule has 0 saturated carbocycles. The molecule has 0 spiro atoms. The summed E-state index contributed by atoms with van der Waals surface area (Å²) in [5, 5.41) is 10.7. The first-order chi connectivity index (χ1) is 7.63. The highest BCUT2D eigenvalue weighted by molar-refractivity contribution is 5.43. The van der Waals surface area contributed by atoms with Crippen LogP contribution in [0.5, 0.6) is 11.5 Å². The summed E-state index contributed by atoms with van der Waals surface area (Å²) >= 11 is 0. The van der Waals surface area contributed by atoms with Gasteiger partial charge in [0.2, 0.25) is 0 Å². The van der Waals surface area contributed by atoms with Crippen LogP contribution in [-0.4, -0.2) is 25.9 Å². The van der Waals surface area contributed by atoms with Gasteiger partial charge in [0, 0.05) is 6.07 Å². The standard InChI is InChI=1S/C12H16O4/c1-5-16-12(13)11-8(2)6-9(14-3)7-10(11)15-4/h6-7,13H,2,5H2,1,3-4H3/b12-11-. The van der Waals surface area contributed by atoms with Crippen LogP contribution < -0.4 is 19.9 Å². The van der Waals surface area contributed by atoms with Gasteiger partial charge >= 0.3 is 0 Å². The van der Waals surface area contributed by atoms with Gasteiger partial charge in [0.1, 0.15) is 16.7 Å². The second-order valence-electron chi connectivity index (χ2n) is 3.10. The number of benzene rings is 1. The number of hydrogen-bond donors (Lipinski definition) is 1.